The van der Waals surface area contributed by atoms with Gasteiger partial charge in [-0.05, 0) is 29.4 Å². The Balaban J connectivity index is 2.94. The van der Waals surface area contributed by atoms with Gasteiger partial charge in [-0.15, -0.1) is 0 Å². The van der Waals surface area contributed by atoms with Crippen LogP contribution in [0.1, 0.15) is 63.5 Å². The Kier molecular flexibility index (Phi) is 4.19. The van der Waals surface area contributed by atoms with E-state index in [4.69, 9.17) is 0 Å². The van der Waals surface area contributed by atoms with Gasteiger partial charge in [-0.1, -0.05) is 58.4 Å². The van der Waals surface area contributed by atoms with Crippen LogP contribution in [0.25, 0.3) is 0 Å². The van der Waals surface area contributed by atoms with E-state index in [1.807, 2.05) is 0 Å². The average Bonchev–Trinajstić information content (AvgIpc) is 2.18. The van der Waals surface area contributed by atoms with Gasteiger partial charge in [0.15, 0.2) is 0 Å². The van der Waals surface area contributed by atoms with Crippen molar-refractivity contribution in [2.24, 2.45) is 0 Å². The van der Waals surface area contributed by atoms with Crippen LogP contribution in [0, 0.1) is 0 Å². The van der Waals surface area contributed by atoms with Gasteiger partial charge in [-0.3, -0.25) is 0 Å². The van der Waals surface area contributed by atoms with Crippen molar-refractivity contribution < 1.29 is 0 Å². The highest BCUT2D eigenvalue weighted by atomic mass is 14.2. The van der Waals surface area contributed by atoms with Gasteiger partial charge in [-0.2, -0.15) is 0 Å². The maximum absolute atomic E-state index is 2.34. The summed E-state index contributed by atoms with van der Waals surface area (Å²) in [7, 11) is 0. The van der Waals surface area contributed by atoms with Gasteiger partial charge in [0, 0.05) is 0 Å². The highest BCUT2D eigenvalue weighted by molar-refractivity contribution is 5.32. The van der Waals surface area contributed by atoms with Crippen molar-refractivity contribution in [3.8, 4) is 0 Å². The van der Waals surface area contributed by atoms with Crippen molar-refractivity contribution in [1.29, 1.82) is 0 Å². The van der Waals surface area contributed by atoms with E-state index in [-0.39, 0.29) is 0 Å². The van der Waals surface area contributed by atoms with Gasteiger partial charge in [0.1, 0.15) is 0 Å². The normalized spacial score (nSPS) is 13.2. The van der Waals surface area contributed by atoms with Crippen molar-refractivity contribution in [3.05, 3.63) is 35.4 Å². The molecule has 0 heterocycles. The van der Waals surface area contributed by atoms with Crippen molar-refractivity contribution in [2.75, 3.05) is 0 Å². The lowest BCUT2D eigenvalue weighted by atomic mass is 9.88. The molecule has 0 heteroatoms. The summed E-state index contributed by atoms with van der Waals surface area (Å²) in [5, 5.41) is 0. The second kappa shape index (κ2) is 5.19. The molecule has 0 saturated heterocycles. The first-order valence-corrected chi connectivity index (χ1v) is 5.75. The first kappa shape index (κ1) is 11.3. The Bertz CT molecular complexity index is 273. The molecular weight excluding hydrogens is 168 g/mol. The molecule has 0 aliphatic carbocycles. The van der Waals surface area contributed by atoms with Crippen molar-refractivity contribution in [1.82, 2.24) is 0 Å². The second-order valence-corrected chi connectivity index (χ2v) is 4.47. The minimum atomic E-state index is 0.644. The molecule has 0 saturated carbocycles. The standard InChI is InChI=1S/C14H22/c1-5-8-12(4)14-10-7-6-9-13(14)11(2)3/h6-7,9-12H,5,8H2,1-4H3. The predicted octanol–water partition coefficient (Wildman–Crippen LogP) is 4.71. The third-order valence-electron chi connectivity index (χ3n) is 2.87. The quantitative estimate of drug-likeness (QED) is 0.644. The summed E-state index contributed by atoms with van der Waals surface area (Å²) in [6, 6.07) is 8.87. The first-order chi connectivity index (χ1) is 6.66. The van der Waals surface area contributed by atoms with E-state index in [0.29, 0.717) is 11.8 Å². The molecule has 78 valence electrons. The van der Waals surface area contributed by atoms with E-state index in [2.05, 4.69) is 52.0 Å². The maximum Gasteiger partial charge on any atom is -0.0188 e. The minimum absolute atomic E-state index is 0.644. The highest BCUT2D eigenvalue weighted by Crippen LogP contribution is 2.28. The number of hydrogen-bond donors (Lipinski definition) is 0. The van der Waals surface area contributed by atoms with Gasteiger partial charge < -0.3 is 0 Å². The topological polar surface area (TPSA) is 0 Å². The average molecular weight is 190 g/mol. The van der Waals surface area contributed by atoms with Crippen LogP contribution in [0.2, 0.25) is 0 Å². The lowest BCUT2D eigenvalue weighted by Gasteiger charge is -2.18. The predicted molar refractivity (Wildman–Crippen MR) is 63.9 cm³/mol. The fourth-order valence-corrected chi connectivity index (χ4v) is 2.07. The van der Waals surface area contributed by atoms with E-state index in [9.17, 15) is 0 Å². The van der Waals surface area contributed by atoms with Crippen LogP contribution in [0.4, 0.5) is 0 Å². The molecule has 1 aromatic carbocycles. The monoisotopic (exact) mass is 190 g/mol. The molecule has 14 heavy (non-hydrogen) atoms. The second-order valence-electron chi connectivity index (χ2n) is 4.47. The molecule has 1 atom stereocenters. The number of benzene rings is 1. The van der Waals surface area contributed by atoms with Crippen molar-refractivity contribution >= 4 is 0 Å². The molecule has 0 nitrogen and oxygen atoms in total. The molecule has 1 aromatic rings. The van der Waals surface area contributed by atoms with Crippen LogP contribution in [0.3, 0.4) is 0 Å². The Labute approximate surface area is 88.4 Å². The van der Waals surface area contributed by atoms with Crippen molar-refractivity contribution in [3.63, 3.8) is 0 Å². The van der Waals surface area contributed by atoms with Gasteiger partial charge in [0.2, 0.25) is 0 Å². The van der Waals surface area contributed by atoms with Crippen LogP contribution in [0.15, 0.2) is 24.3 Å². The summed E-state index contributed by atoms with van der Waals surface area (Å²) < 4.78 is 0. The van der Waals surface area contributed by atoms with Gasteiger partial charge >= 0.3 is 0 Å². The third kappa shape index (κ3) is 2.60. The Hall–Kier alpha value is -0.780. The summed E-state index contributed by atoms with van der Waals surface area (Å²) >= 11 is 0. The molecular formula is C14H22. The fourth-order valence-electron chi connectivity index (χ4n) is 2.07. The van der Waals surface area contributed by atoms with Crippen LogP contribution in [-0.2, 0) is 0 Å². The number of rotatable bonds is 4. The smallest absolute Gasteiger partial charge is 0.0188 e. The summed E-state index contributed by atoms with van der Waals surface area (Å²) in [4.78, 5) is 0. The fraction of sp³-hybridized carbons (Fsp3) is 0.571. The SMILES string of the molecule is CCCC(C)c1ccccc1C(C)C. The largest absolute Gasteiger partial charge is 0.0654 e. The molecule has 0 spiro atoms. The molecule has 0 aromatic heterocycles. The Morgan fingerprint density at radius 2 is 1.57 bits per heavy atom. The highest BCUT2D eigenvalue weighted by Gasteiger charge is 2.10. The van der Waals surface area contributed by atoms with Crippen molar-refractivity contribution in [2.45, 2.75) is 52.4 Å². The lowest BCUT2D eigenvalue weighted by Crippen LogP contribution is -2.00. The zero-order valence-electron chi connectivity index (χ0n) is 9.88. The molecule has 0 aliphatic rings. The van der Waals surface area contributed by atoms with E-state index < -0.39 is 0 Å². The summed E-state index contributed by atoms with van der Waals surface area (Å²) in [6.45, 7) is 9.15. The summed E-state index contributed by atoms with van der Waals surface area (Å²) in [5.74, 6) is 1.35. The Morgan fingerprint density at radius 1 is 1.00 bits per heavy atom. The molecule has 1 rings (SSSR count). The van der Waals surface area contributed by atoms with E-state index in [1.54, 1.807) is 5.56 Å². The Morgan fingerprint density at radius 3 is 2.07 bits per heavy atom. The molecule has 0 N–H and O–H groups in total. The zero-order chi connectivity index (χ0) is 10.6. The van der Waals surface area contributed by atoms with E-state index >= 15 is 0 Å². The summed E-state index contributed by atoms with van der Waals surface area (Å²) in [5.41, 5.74) is 3.07. The maximum atomic E-state index is 2.34. The zero-order valence-corrected chi connectivity index (χ0v) is 9.88. The van der Waals surface area contributed by atoms with Crippen LogP contribution < -0.4 is 0 Å². The number of hydrogen-bond acceptors (Lipinski definition) is 0. The van der Waals surface area contributed by atoms with Gasteiger partial charge in [0.05, 0.1) is 0 Å². The molecule has 0 fully saturated rings. The van der Waals surface area contributed by atoms with Crippen LogP contribution in [-0.4, -0.2) is 0 Å². The van der Waals surface area contributed by atoms with Gasteiger partial charge in [-0.25, -0.2) is 0 Å². The molecule has 0 aliphatic heterocycles. The van der Waals surface area contributed by atoms with Gasteiger partial charge in [0.25, 0.3) is 0 Å². The molecule has 1 unspecified atom stereocenters. The minimum Gasteiger partial charge on any atom is -0.0654 e. The summed E-state index contributed by atoms with van der Waals surface area (Å²) in [6.07, 6.45) is 2.57. The van der Waals surface area contributed by atoms with E-state index in [0.717, 1.165) is 0 Å². The van der Waals surface area contributed by atoms with Crippen LogP contribution in [0.5, 0.6) is 0 Å². The van der Waals surface area contributed by atoms with Crippen LogP contribution >= 0.6 is 0 Å². The third-order valence-corrected chi connectivity index (χ3v) is 2.87. The molecule has 0 amide bonds. The lowest BCUT2D eigenvalue weighted by molar-refractivity contribution is 0.651. The molecule has 0 bridgehead atoms. The van der Waals surface area contributed by atoms with E-state index in [1.165, 1.54) is 18.4 Å². The molecule has 0 radical (unpaired) electrons. The first-order valence-electron chi connectivity index (χ1n) is 5.75.